The van der Waals surface area contributed by atoms with Crippen LogP contribution in [0, 0.1) is 5.41 Å². The van der Waals surface area contributed by atoms with E-state index in [4.69, 9.17) is 17.3 Å². The first-order valence-corrected chi connectivity index (χ1v) is 6.30. The molecule has 0 saturated heterocycles. The molecule has 1 aromatic heterocycles. The summed E-state index contributed by atoms with van der Waals surface area (Å²) in [5.41, 5.74) is 6.14. The summed E-state index contributed by atoms with van der Waals surface area (Å²) in [6.07, 6.45) is 5.41. The molecule has 2 rings (SSSR count). The maximum absolute atomic E-state index is 11.8. The van der Waals surface area contributed by atoms with Crippen molar-refractivity contribution in [3.05, 3.63) is 34.2 Å². The normalized spacial score (nSPS) is 16.3. The Labute approximate surface area is 111 Å². The van der Waals surface area contributed by atoms with Crippen molar-refractivity contribution >= 4 is 17.3 Å². The highest BCUT2D eigenvalue weighted by molar-refractivity contribution is 6.32. The first kappa shape index (κ1) is 13.1. The molecule has 3 N–H and O–H groups in total. The van der Waals surface area contributed by atoms with Gasteiger partial charge in [-0.25, -0.2) is 4.68 Å². The lowest BCUT2D eigenvalue weighted by Gasteiger charge is -2.15. The number of halogens is 1. The Hall–Kier alpha value is -1.33. The molecule has 5 nitrogen and oxygen atoms in total. The van der Waals surface area contributed by atoms with Gasteiger partial charge in [0.15, 0.2) is 0 Å². The molecule has 0 spiro atoms. The van der Waals surface area contributed by atoms with Gasteiger partial charge in [-0.3, -0.25) is 4.79 Å². The lowest BCUT2D eigenvalue weighted by molar-refractivity contribution is 0.555. The Kier molecular flexibility index (Phi) is 3.73. The van der Waals surface area contributed by atoms with Gasteiger partial charge in [-0.05, 0) is 24.8 Å². The summed E-state index contributed by atoms with van der Waals surface area (Å²) in [6, 6.07) is 0. The van der Waals surface area contributed by atoms with E-state index in [-0.39, 0.29) is 16.0 Å². The maximum atomic E-state index is 11.8. The lowest BCUT2D eigenvalue weighted by atomic mass is 10.1. The van der Waals surface area contributed by atoms with Crippen LogP contribution in [0.25, 0.3) is 0 Å². The molecule has 0 unspecified atom stereocenters. The van der Waals surface area contributed by atoms with Crippen LogP contribution < -0.4 is 16.6 Å². The van der Waals surface area contributed by atoms with Gasteiger partial charge in [-0.2, -0.15) is 5.10 Å². The van der Waals surface area contributed by atoms with Crippen molar-refractivity contribution in [2.45, 2.75) is 19.4 Å². The fraction of sp³-hybridized carbons (Fsp3) is 0.500. The SMILES string of the molecule is C=CCn1ncc(NCC2(CN)CC2)c(Cl)c1=O. The second-order valence-corrected chi connectivity index (χ2v) is 5.08. The molecule has 1 aromatic rings. The molecule has 1 aliphatic carbocycles. The molecule has 1 aliphatic rings. The minimum absolute atomic E-state index is 0.166. The van der Waals surface area contributed by atoms with Gasteiger partial charge in [0.2, 0.25) is 0 Å². The first-order chi connectivity index (χ1) is 8.62. The zero-order valence-electron chi connectivity index (χ0n) is 10.2. The van der Waals surface area contributed by atoms with Gasteiger partial charge >= 0.3 is 0 Å². The third kappa shape index (κ3) is 2.57. The Morgan fingerprint density at radius 1 is 1.67 bits per heavy atom. The smallest absolute Gasteiger partial charge is 0.287 e. The average molecular weight is 269 g/mol. The summed E-state index contributed by atoms with van der Waals surface area (Å²) in [5.74, 6) is 0. The molecule has 0 aliphatic heterocycles. The molecule has 0 bridgehead atoms. The number of anilines is 1. The van der Waals surface area contributed by atoms with Gasteiger partial charge in [0.25, 0.3) is 5.56 Å². The van der Waals surface area contributed by atoms with E-state index in [2.05, 4.69) is 17.0 Å². The molecule has 6 heteroatoms. The minimum atomic E-state index is -0.306. The summed E-state index contributed by atoms with van der Waals surface area (Å²) in [7, 11) is 0. The third-order valence-electron chi connectivity index (χ3n) is 3.33. The van der Waals surface area contributed by atoms with E-state index in [0.717, 1.165) is 19.4 Å². The molecular formula is C12H17ClN4O. The van der Waals surface area contributed by atoms with Crippen molar-refractivity contribution in [2.75, 3.05) is 18.4 Å². The number of aromatic nitrogens is 2. The largest absolute Gasteiger partial charge is 0.382 e. The van der Waals surface area contributed by atoms with E-state index in [1.165, 1.54) is 4.68 Å². The van der Waals surface area contributed by atoms with Crippen molar-refractivity contribution in [3.8, 4) is 0 Å². The van der Waals surface area contributed by atoms with Crippen LogP contribution in [0.2, 0.25) is 5.02 Å². The summed E-state index contributed by atoms with van der Waals surface area (Å²) in [5, 5.41) is 7.36. The molecule has 0 aromatic carbocycles. The van der Waals surface area contributed by atoms with Gasteiger partial charge in [-0.1, -0.05) is 17.7 Å². The van der Waals surface area contributed by atoms with Crippen LogP contribution in [0.5, 0.6) is 0 Å². The summed E-state index contributed by atoms with van der Waals surface area (Å²) >= 11 is 6.03. The van der Waals surface area contributed by atoms with Crippen LogP contribution in [-0.2, 0) is 6.54 Å². The van der Waals surface area contributed by atoms with Crippen molar-refractivity contribution in [1.82, 2.24) is 9.78 Å². The van der Waals surface area contributed by atoms with Gasteiger partial charge in [0.05, 0.1) is 18.4 Å². The summed E-state index contributed by atoms with van der Waals surface area (Å²) in [6.45, 7) is 5.30. The summed E-state index contributed by atoms with van der Waals surface area (Å²) in [4.78, 5) is 11.8. The number of nitrogens with zero attached hydrogens (tertiary/aromatic N) is 2. The topological polar surface area (TPSA) is 72.9 Å². The quantitative estimate of drug-likeness (QED) is 0.761. The maximum Gasteiger partial charge on any atom is 0.287 e. The number of hydrogen-bond acceptors (Lipinski definition) is 4. The molecule has 0 atom stereocenters. The highest BCUT2D eigenvalue weighted by Crippen LogP contribution is 2.44. The van der Waals surface area contributed by atoms with Gasteiger partial charge in [-0.15, -0.1) is 6.58 Å². The van der Waals surface area contributed by atoms with Crippen LogP contribution in [0.3, 0.4) is 0 Å². The van der Waals surface area contributed by atoms with Crippen molar-refractivity contribution in [3.63, 3.8) is 0 Å². The Balaban J connectivity index is 2.12. The number of allylic oxidation sites excluding steroid dienone is 1. The van der Waals surface area contributed by atoms with E-state index in [1.54, 1.807) is 12.3 Å². The predicted molar refractivity (Wildman–Crippen MR) is 72.9 cm³/mol. The first-order valence-electron chi connectivity index (χ1n) is 5.92. The molecule has 1 fully saturated rings. The Morgan fingerprint density at radius 2 is 2.39 bits per heavy atom. The molecule has 0 radical (unpaired) electrons. The number of rotatable bonds is 6. The predicted octanol–water partition coefficient (Wildman–Crippen LogP) is 1.23. The zero-order chi connectivity index (χ0) is 13.2. The number of nitrogens with one attached hydrogen (secondary N) is 1. The molecule has 98 valence electrons. The van der Waals surface area contributed by atoms with Crippen LogP contribution >= 0.6 is 11.6 Å². The van der Waals surface area contributed by atoms with E-state index in [1.807, 2.05) is 0 Å². The second kappa shape index (κ2) is 5.12. The monoisotopic (exact) mass is 268 g/mol. The van der Waals surface area contributed by atoms with Crippen molar-refractivity contribution in [2.24, 2.45) is 11.1 Å². The molecule has 1 heterocycles. The highest BCUT2D eigenvalue weighted by Gasteiger charge is 2.40. The lowest BCUT2D eigenvalue weighted by Crippen LogP contribution is -2.27. The van der Waals surface area contributed by atoms with Crippen LogP contribution in [0.1, 0.15) is 12.8 Å². The van der Waals surface area contributed by atoms with E-state index < -0.39 is 0 Å². The van der Waals surface area contributed by atoms with Crippen LogP contribution in [0.15, 0.2) is 23.6 Å². The average Bonchev–Trinajstić information content (AvgIpc) is 3.15. The number of nitrogens with two attached hydrogens (primary N) is 1. The van der Waals surface area contributed by atoms with Crippen LogP contribution in [-0.4, -0.2) is 22.9 Å². The molecular weight excluding hydrogens is 252 g/mol. The third-order valence-corrected chi connectivity index (χ3v) is 3.70. The van der Waals surface area contributed by atoms with Crippen molar-refractivity contribution < 1.29 is 0 Å². The van der Waals surface area contributed by atoms with Crippen molar-refractivity contribution in [1.29, 1.82) is 0 Å². The van der Waals surface area contributed by atoms with E-state index in [9.17, 15) is 4.79 Å². The summed E-state index contributed by atoms with van der Waals surface area (Å²) < 4.78 is 1.27. The zero-order valence-corrected chi connectivity index (χ0v) is 10.9. The minimum Gasteiger partial charge on any atom is -0.382 e. The van der Waals surface area contributed by atoms with Gasteiger partial charge in [0.1, 0.15) is 5.02 Å². The molecule has 1 saturated carbocycles. The molecule has 0 amide bonds. The fourth-order valence-corrected chi connectivity index (χ4v) is 1.97. The van der Waals surface area contributed by atoms with Crippen LogP contribution in [0.4, 0.5) is 5.69 Å². The van der Waals surface area contributed by atoms with E-state index in [0.29, 0.717) is 18.8 Å². The standard InChI is InChI=1S/C12H17ClN4O/c1-2-5-17-11(18)10(13)9(6-16-17)15-8-12(7-14)3-4-12/h2,6,15H,1,3-5,7-8,14H2. The fourth-order valence-electron chi connectivity index (χ4n) is 1.75. The van der Waals surface area contributed by atoms with Gasteiger partial charge < -0.3 is 11.1 Å². The van der Waals surface area contributed by atoms with Gasteiger partial charge in [0, 0.05) is 6.54 Å². The second-order valence-electron chi connectivity index (χ2n) is 4.71. The van der Waals surface area contributed by atoms with E-state index >= 15 is 0 Å². The Morgan fingerprint density at radius 3 is 2.94 bits per heavy atom. The number of hydrogen-bond donors (Lipinski definition) is 2. The molecule has 18 heavy (non-hydrogen) atoms. The Bertz CT molecular complexity index is 507. The highest BCUT2D eigenvalue weighted by atomic mass is 35.5.